The van der Waals surface area contributed by atoms with Gasteiger partial charge >= 0.3 is 11.9 Å². The van der Waals surface area contributed by atoms with E-state index in [9.17, 15) is 9.59 Å². The van der Waals surface area contributed by atoms with E-state index in [4.69, 9.17) is 9.47 Å². The molecule has 2 aromatic carbocycles. The van der Waals surface area contributed by atoms with Gasteiger partial charge < -0.3 is 19.3 Å². The Labute approximate surface area is 196 Å². The summed E-state index contributed by atoms with van der Waals surface area (Å²) < 4.78 is 10.0. The van der Waals surface area contributed by atoms with Crippen molar-refractivity contribution in [1.82, 2.24) is 0 Å². The van der Waals surface area contributed by atoms with Crippen molar-refractivity contribution in [3.05, 3.63) is 81.4 Å². The molecule has 6 heteroatoms. The number of carbonyl (C=O) groups excluding carboxylic acids is 2. The third kappa shape index (κ3) is 4.65. The number of methoxy groups -OCH3 is 2. The second-order valence-electron chi connectivity index (χ2n) is 8.58. The number of aryl methyl sites for hydroxylation is 6. The molecule has 1 aliphatic rings. The average Bonchev–Trinajstić information content (AvgIpc) is 3.13. The first kappa shape index (κ1) is 24.1. The third-order valence-electron chi connectivity index (χ3n) is 5.82. The lowest BCUT2D eigenvalue weighted by molar-refractivity contribution is -0.143. The van der Waals surface area contributed by atoms with E-state index in [2.05, 4.69) is 38.1 Å². The number of anilines is 2. The van der Waals surface area contributed by atoms with Crippen LogP contribution in [0.4, 0.5) is 11.4 Å². The predicted octanol–water partition coefficient (Wildman–Crippen LogP) is 5.28. The Bertz CT molecular complexity index is 1060. The number of benzene rings is 2. The van der Waals surface area contributed by atoms with Crippen LogP contribution in [0.25, 0.3) is 0 Å². The number of hydrogen-bond donors (Lipinski definition) is 0. The molecule has 0 saturated heterocycles. The highest BCUT2D eigenvalue weighted by Gasteiger charge is 2.33. The van der Waals surface area contributed by atoms with Crippen LogP contribution in [0.2, 0.25) is 0 Å². The Morgan fingerprint density at radius 2 is 1.09 bits per heavy atom. The Morgan fingerprint density at radius 3 is 1.42 bits per heavy atom. The van der Waals surface area contributed by atoms with Gasteiger partial charge in [0.25, 0.3) is 0 Å². The van der Waals surface area contributed by atoms with Crippen LogP contribution in [0.3, 0.4) is 0 Å². The maximum atomic E-state index is 13.0. The smallest absolute Gasteiger partial charge is 0.338 e. The van der Waals surface area contributed by atoms with Crippen molar-refractivity contribution in [3.8, 4) is 0 Å². The molecule has 1 heterocycles. The van der Waals surface area contributed by atoms with Crippen LogP contribution in [0.15, 0.2) is 48.1 Å². The Morgan fingerprint density at radius 1 is 0.697 bits per heavy atom. The molecule has 0 aromatic heterocycles. The van der Waals surface area contributed by atoms with Crippen LogP contribution < -0.4 is 9.80 Å². The van der Waals surface area contributed by atoms with E-state index in [-0.39, 0.29) is 12.0 Å². The zero-order valence-corrected chi connectivity index (χ0v) is 20.7. The molecule has 1 aliphatic heterocycles. The minimum Gasteiger partial charge on any atom is -0.469 e. The topological polar surface area (TPSA) is 59.1 Å². The van der Waals surface area contributed by atoms with Crippen molar-refractivity contribution in [2.24, 2.45) is 0 Å². The third-order valence-corrected chi connectivity index (χ3v) is 5.82. The Hall–Kier alpha value is -3.54. The fourth-order valence-electron chi connectivity index (χ4n) is 4.73. The van der Waals surface area contributed by atoms with Gasteiger partial charge in [-0.1, -0.05) is 35.4 Å². The van der Waals surface area contributed by atoms with Crippen LogP contribution in [0.1, 0.15) is 39.8 Å². The first-order valence-corrected chi connectivity index (χ1v) is 10.9. The fourth-order valence-corrected chi connectivity index (χ4v) is 4.73. The first-order valence-electron chi connectivity index (χ1n) is 10.9. The van der Waals surface area contributed by atoms with Gasteiger partial charge in [0.15, 0.2) is 0 Å². The van der Waals surface area contributed by atoms with Crippen LogP contribution in [0, 0.1) is 41.5 Å². The van der Waals surface area contributed by atoms with Crippen LogP contribution in [-0.4, -0.2) is 26.2 Å². The summed E-state index contributed by atoms with van der Waals surface area (Å²) in [6, 6.07) is 8.43. The molecule has 0 fully saturated rings. The fraction of sp³-hybridized carbons (Fsp3) is 0.333. The van der Waals surface area contributed by atoms with Gasteiger partial charge in [-0.05, 0) is 63.8 Å². The summed E-state index contributed by atoms with van der Waals surface area (Å²) in [5, 5.41) is 0. The molecule has 0 atom stereocenters. The number of hydrogen-bond acceptors (Lipinski definition) is 6. The molecular formula is C27H32N2O4. The second-order valence-corrected chi connectivity index (χ2v) is 8.58. The Kier molecular flexibility index (Phi) is 6.96. The van der Waals surface area contributed by atoms with E-state index in [0.29, 0.717) is 5.82 Å². The number of nitrogens with zero attached hydrogens (tertiary/aromatic N) is 2. The van der Waals surface area contributed by atoms with E-state index >= 15 is 0 Å². The van der Waals surface area contributed by atoms with Crippen molar-refractivity contribution >= 4 is 23.3 Å². The normalized spacial score (nSPS) is 12.9. The van der Waals surface area contributed by atoms with E-state index in [0.717, 1.165) is 44.8 Å². The maximum absolute atomic E-state index is 13.0. The second kappa shape index (κ2) is 9.53. The summed E-state index contributed by atoms with van der Waals surface area (Å²) in [6.45, 7) is 12.3. The molecule has 0 radical (unpaired) electrons. The molecule has 3 rings (SSSR count). The van der Waals surface area contributed by atoms with Crippen molar-refractivity contribution in [3.63, 3.8) is 0 Å². The minimum absolute atomic E-state index is 0.207. The molecule has 33 heavy (non-hydrogen) atoms. The lowest BCUT2D eigenvalue weighted by Crippen LogP contribution is -2.30. The summed E-state index contributed by atoms with van der Waals surface area (Å²) >= 11 is 0. The van der Waals surface area contributed by atoms with E-state index in [1.54, 1.807) is 0 Å². The molecule has 2 aromatic rings. The maximum Gasteiger partial charge on any atom is 0.338 e. The average molecular weight is 449 g/mol. The molecule has 0 spiro atoms. The molecule has 174 valence electrons. The molecule has 0 saturated carbocycles. The van der Waals surface area contributed by atoms with Crippen molar-refractivity contribution in [1.29, 1.82) is 0 Å². The highest BCUT2D eigenvalue weighted by Crippen LogP contribution is 2.40. The van der Waals surface area contributed by atoms with Crippen molar-refractivity contribution < 1.29 is 19.1 Å². The van der Waals surface area contributed by atoms with Crippen molar-refractivity contribution in [2.75, 3.05) is 24.0 Å². The summed E-state index contributed by atoms with van der Waals surface area (Å²) in [7, 11) is 2.63. The highest BCUT2D eigenvalue weighted by molar-refractivity contribution is 5.97. The SMILES string of the molecule is COC(=O)CC(C(=O)OC)=C1N(c2c(C)cc(C)cc2C)C=CN1c1c(C)cc(C)cc1C. The molecule has 0 amide bonds. The van der Waals surface area contributed by atoms with Crippen LogP contribution in [0.5, 0.6) is 0 Å². The Balaban J connectivity index is 2.34. The number of rotatable bonds is 5. The van der Waals surface area contributed by atoms with Crippen LogP contribution in [-0.2, 0) is 19.1 Å². The molecule has 0 bridgehead atoms. The largest absolute Gasteiger partial charge is 0.469 e. The van der Waals surface area contributed by atoms with E-state index in [1.807, 2.05) is 49.9 Å². The van der Waals surface area contributed by atoms with Gasteiger partial charge in [0, 0.05) is 12.4 Å². The molecule has 0 aliphatic carbocycles. The summed E-state index contributed by atoms with van der Waals surface area (Å²) in [5.41, 5.74) is 8.73. The zero-order valence-electron chi connectivity index (χ0n) is 20.7. The molecular weight excluding hydrogens is 416 g/mol. The summed E-state index contributed by atoms with van der Waals surface area (Å²) in [6.07, 6.45) is 3.65. The monoisotopic (exact) mass is 448 g/mol. The van der Waals surface area contributed by atoms with Gasteiger partial charge in [-0.15, -0.1) is 0 Å². The van der Waals surface area contributed by atoms with E-state index < -0.39 is 11.9 Å². The summed E-state index contributed by atoms with van der Waals surface area (Å²) in [5.74, 6) is -0.513. The molecule has 6 nitrogen and oxygen atoms in total. The quantitative estimate of drug-likeness (QED) is 0.458. The minimum atomic E-state index is -0.570. The standard InChI is InChI=1S/C27H32N2O4/c1-16-11-18(3)24(19(4)12-16)28-9-10-29(25-20(5)13-17(2)14-21(25)6)26(28)22(27(31)33-8)15-23(30)32-7/h9-14H,15H2,1-8H3. The van der Waals surface area contributed by atoms with Gasteiger partial charge in [-0.2, -0.15) is 0 Å². The van der Waals surface area contributed by atoms with E-state index in [1.165, 1.54) is 14.2 Å². The lowest BCUT2D eigenvalue weighted by Gasteiger charge is -2.31. The number of esters is 2. The zero-order chi connectivity index (χ0) is 24.4. The van der Waals surface area contributed by atoms with Gasteiger partial charge in [-0.25, -0.2) is 4.79 Å². The van der Waals surface area contributed by atoms with Gasteiger partial charge in [0.05, 0.1) is 37.6 Å². The molecule has 0 N–H and O–H groups in total. The van der Waals surface area contributed by atoms with Crippen molar-refractivity contribution in [2.45, 2.75) is 48.0 Å². The summed E-state index contributed by atoms with van der Waals surface area (Å²) in [4.78, 5) is 29.2. The highest BCUT2D eigenvalue weighted by atomic mass is 16.5. The van der Waals surface area contributed by atoms with Crippen LogP contribution >= 0.6 is 0 Å². The first-order chi connectivity index (χ1) is 15.6. The molecule has 0 unspecified atom stereocenters. The van der Waals surface area contributed by atoms with Gasteiger partial charge in [0.1, 0.15) is 5.82 Å². The predicted molar refractivity (Wildman–Crippen MR) is 131 cm³/mol. The lowest BCUT2D eigenvalue weighted by atomic mass is 10.0. The van der Waals surface area contributed by atoms with Gasteiger partial charge in [0.2, 0.25) is 0 Å². The number of ether oxygens (including phenoxy) is 2. The van der Waals surface area contributed by atoms with Gasteiger partial charge in [-0.3, -0.25) is 4.79 Å². The number of carbonyl (C=O) groups is 2.